The van der Waals surface area contributed by atoms with Crippen molar-refractivity contribution < 1.29 is 28.8 Å². The Balaban J connectivity index is 1.38. The summed E-state index contributed by atoms with van der Waals surface area (Å²) in [5, 5.41) is 9.34. The average molecular weight is 356 g/mol. The van der Waals surface area contributed by atoms with Crippen LogP contribution < -0.4 is 18.9 Å². The minimum Gasteiger partial charge on any atom is -0.454 e. The van der Waals surface area contributed by atoms with Crippen molar-refractivity contribution in [2.75, 3.05) is 26.8 Å². The molecule has 2 aromatic carbocycles. The maximum absolute atomic E-state index is 9.34. The zero-order valence-electron chi connectivity index (χ0n) is 14.2. The lowest BCUT2D eigenvalue weighted by atomic mass is 10.1. The topological polar surface area (TPSA) is 66.4 Å². The number of rotatable bonds is 7. The van der Waals surface area contributed by atoms with Gasteiger partial charge in [-0.25, -0.2) is 0 Å². The largest absolute Gasteiger partial charge is 0.454 e. The highest BCUT2D eigenvalue weighted by atomic mass is 16.7. The van der Waals surface area contributed by atoms with E-state index in [0.29, 0.717) is 18.8 Å². The maximum Gasteiger partial charge on any atom is 0.231 e. The van der Waals surface area contributed by atoms with Gasteiger partial charge in [-0.05, 0) is 35.4 Å². The van der Waals surface area contributed by atoms with Crippen molar-refractivity contribution in [1.29, 1.82) is 0 Å². The summed E-state index contributed by atoms with van der Waals surface area (Å²) in [6.07, 6.45) is 4.21. The van der Waals surface area contributed by atoms with Gasteiger partial charge in [-0.15, -0.1) is 0 Å². The van der Waals surface area contributed by atoms with Gasteiger partial charge in [0, 0.05) is 13.0 Å². The van der Waals surface area contributed by atoms with E-state index in [1.807, 2.05) is 48.6 Å². The van der Waals surface area contributed by atoms with Crippen LogP contribution in [-0.2, 0) is 4.74 Å². The van der Waals surface area contributed by atoms with Crippen LogP contribution in [0.1, 0.15) is 23.7 Å². The van der Waals surface area contributed by atoms with Crippen LogP contribution in [0.3, 0.4) is 0 Å². The third-order valence-corrected chi connectivity index (χ3v) is 4.26. The van der Waals surface area contributed by atoms with Crippen molar-refractivity contribution in [2.24, 2.45) is 0 Å². The summed E-state index contributed by atoms with van der Waals surface area (Å²) in [5.41, 5.74) is 1.97. The first-order valence-corrected chi connectivity index (χ1v) is 8.52. The second kappa shape index (κ2) is 7.68. The van der Waals surface area contributed by atoms with Gasteiger partial charge in [0.05, 0.1) is 12.7 Å². The molecule has 136 valence electrons. The van der Waals surface area contributed by atoms with Gasteiger partial charge in [0.1, 0.15) is 0 Å². The van der Waals surface area contributed by atoms with Gasteiger partial charge < -0.3 is 28.8 Å². The molecule has 2 aliphatic rings. The van der Waals surface area contributed by atoms with Crippen LogP contribution in [0.4, 0.5) is 0 Å². The number of ether oxygens (including phenoxy) is 5. The lowest BCUT2D eigenvalue weighted by molar-refractivity contribution is 0.0532. The van der Waals surface area contributed by atoms with E-state index in [1.165, 1.54) is 0 Å². The Morgan fingerprint density at radius 3 is 2.38 bits per heavy atom. The average Bonchev–Trinajstić information content (AvgIpc) is 3.32. The van der Waals surface area contributed by atoms with Crippen molar-refractivity contribution in [2.45, 2.75) is 12.5 Å². The summed E-state index contributed by atoms with van der Waals surface area (Å²) < 4.78 is 27.4. The number of hydrogen-bond acceptors (Lipinski definition) is 6. The molecule has 0 saturated carbocycles. The molecule has 26 heavy (non-hydrogen) atoms. The molecule has 0 aliphatic carbocycles. The standard InChI is InChI=1S/C20H20O6/c21-8-7-16(15-4-6-18-20(11-15)26-13-24-18)22-9-1-2-14-3-5-17-19(10-14)25-12-23-17/h1-6,10-11,16,21H,7-9,12-13H2/b2-1+. The summed E-state index contributed by atoms with van der Waals surface area (Å²) in [5.74, 6) is 2.97. The first-order valence-electron chi connectivity index (χ1n) is 8.52. The molecule has 6 heteroatoms. The second-order valence-corrected chi connectivity index (χ2v) is 5.96. The van der Waals surface area contributed by atoms with Crippen LogP contribution in [0.5, 0.6) is 23.0 Å². The van der Waals surface area contributed by atoms with Gasteiger partial charge in [0.2, 0.25) is 13.6 Å². The van der Waals surface area contributed by atoms with E-state index in [2.05, 4.69) is 0 Å². The molecule has 0 bridgehead atoms. The molecule has 1 N–H and O–H groups in total. The zero-order valence-corrected chi connectivity index (χ0v) is 14.2. The molecule has 4 rings (SSSR count). The molecule has 0 amide bonds. The first kappa shape index (κ1) is 16.8. The zero-order chi connectivity index (χ0) is 17.8. The van der Waals surface area contributed by atoms with E-state index in [0.717, 1.165) is 28.4 Å². The third kappa shape index (κ3) is 3.61. The molecule has 6 nitrogen and oxygen atoms in total. The Hall–Kier alpha value is -2.70. The summed E-state index contributed by atoms with van der Waals surface area (Å²) in [6.45, 7) is 0.977. The minimum atomic E-state index is -0.212. The molecule has 0 fully saturated rings. The molecule has 2 aliphatic heterocycles. The molecular formula is C20H20O6. The number of aliphatic hydroxyl groups excluding tert-OH is 1. The van der Waals surface area contributed by atoms with E-state index in [1.54, 1.807) is 0 Å². The van der Waals surface area contributed by atoms with Gasteiger partial charge in [-0.3, -0.25) is 0 Å². The van der Waals surface area contributed by atoms with Crippen LogP contribution >= 0.6 is 0 Å². The normalized spacial score (nSPS) is 15.6. The predicted molar refractivity (Wildman–Crippen MR) is 94.6 cm³/mol. The Morgan fingerprint density at radius 2 is 1.62 bits per heavy atom. The van der Waals surface area contributed by atoms with Crippen LogP contribution in [0.25, 0.3) is 6.08 Å². The fourth-order valence-corrected chi connectivity index (χ4v) is 2.95. The van der Waals surface area contributed by atoms with Crippen molar-refractivity contribution in [3.63, 3.8) is 0 Å². The predicted octanol–water partition coefficient (Wildman–Crippen LogP) is 3.30. The SMILES string of the molecule is OCCC(OC/C=C/c1ccc2c(c1)OCO2)c1ccc2c(c1)OCO2. The van der Waals surface area contributed by atoms with Gasteiger partial charge in [0.25, 0.3) is 0 Å². The fraction of sp³-hybridized carbons (Fsp3) is 0.300. The summed E-state index contributed by atoms with van der Waals surface area (Å²) in [6, 6.07) is 11.5. The van der Waals surface area contributed by atoms with Crippen molar-refractivity contribution in [1.82, 2.24) is 0 Å². The highest BCUT2D eigenvalue weighted by Crippen LogP contribution is 2.36. The van der Waals surface area contributed by atoms with Crippen LogP contribution in [0.15, 0.2) is 42.5 Å². The second-order valence-electron chi connectivity index (χ2n) is 5.96. The van der Waals surface area contributed by atoms with Gasteiger partial charge in [-0.2, -0.15) is 0 Å². The number of fused-ring (bicyclic) bond motifs is 2. The van der Waals surface area contributed by atoms with Crippen molar-refractivity contribution >= 4 is 6.08 Å². The molecule has 2 heterocycles. The summed E-state index contributed by atoms with van der Waals surface area (Å²) in [4.78, 5) is 0. The lowest BCUT2D eigenvalue weighted by Crippen LogP contribution is -2.07. The van der Waals surface area contributed by atoms with E-state index >= 15 is 0 Å². The van der Waals surface area contributed by atoms with E-state index < -0.39 is 0 Å². The highest BCUT2D eigenvalue weighted by Gasteiger charge is 2.18. The number of benzene rings is 2. The van der Waals surface area contributed by atoms with E-state index in [-0.39, 0.29) is 26.3 Å². The smallest absolute Gasteiger partial charge is 0.231 e. The lowest BCUT2D eigenvalue weighted by Gasteiger charge is -2.16. The number of aliphatic hydroxyl groups is 1. The Kier molecular flexibility index (Phi) is 4.95. The quantitative estimate of drug-likeness (QED) is 0.821. The van der Waals surface area contributed by atoms with Crippen LogP contribution in [0, 0.1) is 0 Å². The first-order chi connectivity index (χ1) is 12.8. The van der Waals surface area contributed by atoms with Gasteiger partial charge >= 0.3 is 0 Å². The van der Waals surface area contributed by atoms with E-state index in [4.69, 9.17) is 23.7 Å². The van der Waals surface area contributed by atoms with Gasteiger partial charge in [0.15, 0.2) is 23.0 Å². The summed E-state index contributed by atoms with van der Waals surface area (Å²) in [7, 11) is 0. The molecule has 2 aromatic rings. The molecule has 0 radical (unpaired) electrons. The Morgan fingerprint density at radius 1 is 0.923 bits per heavy atom. The van der Waals surface area contributed by atoms with Crippen LogP contribution in [-0.4, -0.2) is 31.9 Å². The van der Waals surface area contributed by atoms with Crippen molar-refractivity contribution in [3.05, 3.63) is 53.6 Å². The molecular weight excluding hydrogens is 336 g/mol. The van der Waals surface area contributed by atoms with Gasteiger partial charge in [-0.1, -0.05) is 24.3 Å². The monoisotopic (exact) mass is 356 g/mol. The minimum absolute atomic E-state index is 0.0466. The summed E-state index contributed by atoms with van der Waals surface area (Å²) >= 11 is 0. The maximum atomic E-state index is 9.34. The molecule has 0 spiro atoms. The van der Waals surface area contributed by atoms with E-state index in [9.17, 15) is 5.11 Å². The molecule has 1 unspecified atom stereocenters. The highest BCUT2D eigenvalue weighted by molar-refractivity contribution is 5.56. The molecule has 0 saturated heterocycles. The molecule has 1 atom stereocenters. The third-order valence-electron chi connectivity index (χ3n) is 4.26. The number of hydrogen-bond donors (Lipinski definition) is 1. The Labute approximate surface area is 151 Å². The fourth-order valence-electron chi connectivity index (χ4n) is 2.95. The molecule has 0 aromatic heterocycles. The van der Waals surface area contributed by atoms with Crippen molar-refractivity contribution in [3.8, 4) is 23.0 Å². The Bertz CT molecular complexity index is 801. The van der Waals surface area contributed by atoms with Crippen LogP contribution in [0.2, 0.25) is 0 Å².